The molecule has 84 valence electrons. The minimum atomic E-state index is 0.422. The summed E-state index contributed by atoms with van der Waals surface area (Å²) in [6.07, 6.45) is 2.81. The Labute approximate surface area is 91.9 Å². The van der Waals surface area contributed by atoms with Crippen molar-refractivity contribution >= 4 is 0 Å². The van der Waals surface area contributed by atoms with Crippen molar-refractivity contribution < 1.29 is 9.84 Å². The van der Waals surface area contributed by atoms with Crippen LogP contribution in [0.3, 0.4) is 0 Å². The van der Waals surface area contributed by atoms with Crippen LogP contribution in [-0.4, -0.2) is 18.3 Å². The summed E-state index contributed by atoms with van der Waals surface area (Å²) < 4.78 is 5.26. The van der Waals surface area contributed by atoms with Gasteiger partial charge >= 0.3 is 0 Å². The fraction of sp³-hybridized carbons (Fsp3) is 0.538. The summed E-state index contributed by atoms with van der Waals surface area (Å²) >= 11 is 0. The van der Waals surface area contributed by atoms with E-state index < -0.39 is 0 Å². The molecule has 0 fully saturated rings. The summed E-state index contributed by atoms with van der Waals surface area (Å²) in [7, 11) is 0. The van der Waals surface area contributed by atoms with Gasteiger partial charge < -0.3 is 9.84 Å². The van der Waals surface area contributed by atoms with Gasteiger partial charge in [-0.25, -0.2) is 0 Å². The van der Waals surface area contributed by atoms with Gasteiger partial charge in [-0.2, -0.15) is 0 Å². The van der Waals surface area contributed by atoms with Gasteiger partial charge in [0.25, 0.3) is 0 Å². The monoisotopic (exact) mass is 208 g/mol. The highest BCUT2D eigenvalue weighted by Crippen LogP contribution is 2.20. The molecule has 2 nitrogen and oxygen atoms in total. The predicted octanol–water partition coefficient (Wildman–Crippen LogP) is 2.92. The van der Waals surface area contributed by atoms with Gasteiger partial charge in [-0.15, -0.1) is 0 Å². The second-order valence-electron chi connectivity index (χ2n) is 3.62. The molecule has 15 heavy (non-hydrogen) atoms. The number of aromatic hydroxyl groups is 1. The Morgan fingerprint density at radius 3 is 2.67 bits per heavy atom. The van der Waals surface area contributed by atoms with Crippen LogP contribution in [-0.2, 0) is 17.6 Å². The number of ether oxygens (including phenoxy) is 1. The predicted molar refractivity (Wildman–Crippen MR) is 62.3 cm³/mol. The molecular formula is C13H20O2. The van der Waals surface area contributed by atoms with Gasteiger partial charge in [0, 0.05) is 13.2 Å². The van der Waals surface area contributed by atoms with Crippen molar-refractivity contribution in [3.63, 3.8) is 0 Å². The third-order valence-electron chi connectivity index (χ3n) is 2.50. The van der Waals surface area contributed by atoms with Gasteiger partial charge in [0.05, 0.1) is 0 Å². The molecule has 1 N–H and O–H groups in total. The number of phenolic OH excluding ortho intramolecular Hbond substituents is 1. The smallest absolute Gasteiger partial charge is 0.119 e. The van der Waals surface area contributed by atoms with E-state index in [4.69, 9.17) is 4.74 Å². The lowest BCUT2D eigenvalue weighted by Crippen LogP contribution is -1.96. The van der Waals surface area contributed by atoms with Crippen LogP contribution in [0.4, 0.5) is 0 Å². The van der Waals surface area contributed by atoms with Gasteiger partial charge in [0.2, 0.25) is 0 Å². The summed E-state index contributed by atoms with van der Waals surface area (Å²) in [6, 6.07) is 5.95. The molecule has 0 saturated carbocycles. The van der Waals surface area contributed by atoms with Gasteiger partial charge in [0.1, 0.15) is 5.75 Å². The number of benzene rings is 1. The molecule has 2 heteroatoms. The molecule has 0 amide bonds. The molecule has 0 unspecified atom stereocenters. The largest absolute Gasteiger partial charge is 0.508 e. The van der Waals surface area contributed by atoms with E-state index in [9.17, 15) is 5.11 Å². The molecule has 0 aliphatic carbocycles. The summed E-state index contributed by atoms with van der Waals surface area (Å²) in [5, 5.41) is 9.74. The molecule has 0 saturated heterocycles. The fourth-order valence-corrected chi connectivity index (χ4v) is 1.55. The van der Waals surface area contributed by atoms with Crippen molar-refractivity contribution in [2.45, 2.75) is 33.1 Å². The van der Waals surface area contributed by atoms with Crippen LogP contribution in [0.1, 0.15) is 31.4 Å². The van der Waals surface area contributed by atoms with Gasteiger partial charge in [-0.1, -0.05) is 19.1 Å². The van der Waals surface area contributed by atoms with E-state index >= 15 is 0 Å². The lowest BCUT2D eigenvalue weighted by molar-refractivity contribution is 0.145. The average molecular weight is 208 g/mol. The van der Waals surface area contributed by atoms with Gasteiger partial charge in [-0.05, 0) is 43.4 Å². The Hall–Kier alpha value is -1.02. The van der Waals surface area contributed by atoms with E-state index in [-0.39, 0.29) is 0 Å². The molecule has 0 aromatic heterocycles. The standard InChI is InChI=1S/C13H20O2/c1-3-11-7-8-12(13(14)10-11)6-5-9-15-4-2/h7-8,10,14H,3-6,9H2,1-2H3. The molecule has 0 aliphatic heterocycles. The van der Waals surface area contributed by atoms with Crippen molar-refractivity contribution in [1.82, 2.24) is 0 Å². The first-order valence-electron chi connectivity index (χ1n) is 5.66. The minimum Gasteiger partial charge on any atom is -0.508 e. The van der Waals surface area contributed by atoms with Crippen molar-refractivity contribution in [3.05, 3.63) is 29.3 Å². The highest BCUT2D eigenvalue weighted by atomic mass is 16.5. The molecule has 1 aromatic rings. The molecule has 1 rings (SSSR count). The first kappa shape index (κ1) is 12.1. The highest BCUT2D eigenvalue weighted by molar-refractivity contribution is 5.36. The fourth-order valence-electron chi connectivity index (χ4n) is 1.55. The van der Waals surface area contributed by atoms with Gasteiger partial charge in [-0.3, -0.25) is 0 Å². The SMILES string of the molecule is CCOCCCc1ccc(CC)cc1O. The third kappa shape index (κ3) is 3.92. The molecule has 0 bridgehead atoms. The molecule has 0 atom stereocenters. The highest BCUT2D eigenvalue weighted by Gasteiger charge is 2.01. The Balaban J connectivity index is 2.47. The Bertz CT molecular complexity index is 295. The van der Waals surface area contributed by atoms with E-state index in [0.717, 1.165) is 38.0 Å². The number of hydrogen-bond acceptors (Lipinski definition) is 2. The van der Waals surface area contributed by atoms with Crippen LogP contribution >= 0.6 is 0 Å². The van der Waals surface area contributed by atoms with Crippen LogP contribution in [0, 0.1) is 0 Å². The zero-order valence-corrected chi connectivity index (χ0v) is 9.62. The maximum Gasteiger partial charge on any atom is 0.119 e. The lowest BCUT2D eigenvalue weighted by atomic mass is 10.0. The molecule has 0 aliphatic rings. The summed E-state index contributed by atoms with van der Waals surface area (Å²) in [6.45, 7) is 5.61. The van der Waals surface area contributed by atoms with Crippen molar-refractivity contribution in [2.75, 3.05) is 13.2 Å². The average Bonchev–Trinajstić information content (AvgIpc) is 2.26. The maximum atomic E-state index is 9.74. The zero-order chi connectivity index (χ0) is 11.1. The molecule has 0 spiro atoms. The van der Waals surface area contributed by atoms with E-state index in [1.54, 1.807) is 0 Å². The number of aryl methyl sites for hydroxylation is 2. The second kappa shape index (κ2) is 6.46. The third-order valence-corrected chi connectivity index (χ3v) is 2.50. The van der Waals surface area contributed by atoms with Crippen LogP contribution in [0.25, 0.3) is 0 Å². The Morgan fingerprint density at radius 1 is 1.27 bits per heavy atom. The summed E-state index contributed by atoms with van der Waals surface area (Å²) in [4.78, 5) is 0. The Morgan fingerprint density at radius 2 is 2.07 bits per heavy atom. The van der Waals surface area contributed by atoms with Crippen molar-refractivity contribution in [1.29, 1.82) is 0 Å². The normalized spacial score (nSPS) is 10.5. The quantitative estimate of drug-likeness (QED) is 0.728. The van der Waals surface area contributed by atoms with Crippen LogP contribution in [0.15, 0.2) is 18.2 Å². The lowest BCUT2D eigenvalue weighted by Gasteiger charge is -2.06. The first-order chi connectivity index (χ1) is 7.27. The molecule has 0 heterocycles. The summed E-state index contributed by atoms with van der Waals surface area (Å²) in [5.74, 6) is 0.422. The second-order valence-corrected chi connectivity index (χ2v) is 3.62. The Kier molecular flexibility index (Phi) is 5.19. The van der Waals surface area contributed by atoms with E-state index in [2.05, 4.69) is 13.0 Å². The van der Waals surface area contributed by atoms with Gasteiger partial charge in [0.15, 0.2) is 0 Å². The van der Waals surface area contributed by atoms with Crippen molar-refractivity contribution in [2.24, 2.45) is 0 Å². The van der Waals surface area contributed by atoms with Crippen molar-refractivity contribution in [3.8, 4) is 5.75 Å². The van der Waals surface area contributed by atoms with E-state index in [1.807, 2.05) is 19.1 Å². The number of phenols is 1. The topological polar surface area (TPSA) is 29.5 Å². The molecular weight excluding hydrogens is 188 g/mol. The minimum absolute atomic E-state index is 0.422. The first-order valence-corrected chi connectivity index (χ1v) is 5.66. The zero-order valence-electron chi connectivity index (χ0n) is 9.62. The number of rotatable bonds is 6. The van der Waals surface area contributed by atoms with Crippen LogP contribution in [0.5, 0.6) is 5.75 Å². The molecule has 0 radical (unpaired) electrons. The van der Waals surface area contributed by atoms with Crippen LogP contribution in [0.2, 0.25) is 0 Å². The maximum absolute atomic E-state index is 9.74. The van der Waals surface area contributed by atoms with E-state index in [0.29, 0.717) is 5.75 Å². The van der Waals surface area contributed by atoms with E-state index in [1.165, 1.54) is 5.56 Å². The number of hydrogen-bond donors (Lipinski definition) is 1. The molecule has 1 aromatic carbocycles. The summed E-state index contributed by atoms with van der Waals surface area (Å²) in [5.41, 5.74) is 2.20. The van der Waals surface area contributed by atoms with Crippen LogP contribution < -0.4 is 0 Å².